The minimum atomic E-state index is -0.485. The van der Waals surface area contributed by atoms with Gasteiger partial charge in [0.1, 0.15) is 16.9 Å². The third-order valence-electron chi connectivity index (χ3n) is 3.64. The molecule has 0 saturated carbocycles. The number of hydrogen-bond donors (Lipinski definition) is 0. The Morgan fingerprint density at radius 1 is 1.12 bits per heavy atom. The van der Waals surface area contributed by atoms with Crippen LogP contribution in [0.5, 0.6) is 0 Å². The molecule has 3 rings (SSSR count). The molecule has 0 aliphatic rings. The maximum atomic E-state index is 13.0. The molecule has 5 heteroatoms. The molecule has 0 bridgehead atoms. The van der Waals surface area contributed by atoms with E-state index in [-0.39, 0.29) is 11.5 Å². The zero-order chi connectivity index (χ0) is 17.1. The van der Waals surface area contributed by atoms with Crippen molar-refractivity contribution in [3.05, 3.63) is 76.5 Å². The van der Waals surface area contributed by atoms with Crippen LogP contribution in [0.1, 0.15) is 34.6 Å². The van der Waals surface area contributed by atoms with E-state index in [4.69, 9.17) is 4.74 Å². The quantitative estimate of drug-likeness (QED) is 0.614. The van der Waals surface area contributed by atoms with Crippen molar-refractivity contribution in [3.63, 3.8) is 0 Å². The van der Waals surface area contributed by atoms with E-state index < -0.39 is 12.1 Å². The van der Waals surface area contributed by atoms with Gasteiger partial charge in [0.25, 0.3) is 0 Å². The summed E-state index contributed by atoms with van der Waals surface area (Å²) >= 11 is 1.40. The molecule has 0 N–H and O–H groups in total. The lowest BCUT2D eigenvalue weighted by Crippen LogP contribution is -2.09. The van der Waals surface area contributed by atoms with Gasteiger partial charge in [-0.2, -0.15) is 0 Å². The summed E-state index contributed by atoms with van der Waals surface area (Å²) in [7, 11) is 0. The number of ether oxygens (including phenoxy) is 1. The van der Waals surface area contributed by atoms with Crippen LogP contribution in [0, 0.1) is 12.7 Å². The molecule has 2 aromatic carbocycles. The second kappa shape index (κ2) is 6.93. The zero-order valence-electron chi connectivity index (χ0n) is 13.3. The fourth-order valence-corrected chi connectivity index (χ4v) is 3.01. The van der Waals surface area contributed by atoms with E-state index in [0.717, 1.165) is 16.1 Å². The van der Waals surface area contributed by atoms with Crippen LogP contribution in [-0.2, 0) is 4.74 Å². The van der Waals surface area contributed by atoms with Crippen LogP contribution in [0.3, 0.4) is 0 Å². The summed E-state index contributed by atoms with van der Waals surface area (Å²) in [5.74, 6) is -0.805. The molecule has 0 spiro atoms. The van der Waals surface area contributed by atoms with E-state index in [0.29, 0.717) is 0 Å². The maximum Gasteiger partial charge on any atom is 0.358 e. The smallest absolute Gasteiger partial charge is 0.358 e. The second-order valence-electron chi connectivity index (χ2n) is 5.50. The van der Waals surface area contributed by atoms with E-state index in [1.165, 1.54) is 29.0 Å². The molecule has 122 valence electrons. The van der Waals surface area contributed by atoms with Crippen molar-refractivity contribution in [1.82, 2.24) is 4.98 Å². The standard InChI is InChI=1S/C19H16FNO2S/c1-12-3-5-15(6-4-12)18-21-17(11-24-18)19(22)23-13(2)14-7-9-16(20)10-8-14/h3-11,13H,1-2H3/t13-/m0/s1. The molecule has 0 saturated heterocycles. The first kappa shape index (κ1) is 16.3. The van der Waals surface area contributed by atoms with Crippen molar-refractivity contribution in [1.29, 1.82) is 0 Å². The summed E-state index contributed by atoms with van der Waals surface area (Å²) in [6.07, 6.45) is -0.470. The molecule has 1 aromatic heterocycles. The topological polar surface area (TPSA) is 39.2 Å². The number of nitrogens with zero attached hydrogens (tertiary/aromatic N) is 1. The van der Waals surface area contributed by atoms with Crippen LogP contribution in [0.2, 0.25) is 0 Å². The molecule has 24 heavy (non-hydrogen) atoms. The maximum absolute atomic E-state index is 13.0. The number of carbonyl (C=O) groups is 1. The van der Waals surface area contributed by atoms with Crippen LogP contribution in [0.25, 0.3) is 10.6 Å². The molecule has 3 nitrogen and oxygen atoms in total. The molecular formula is C19H16FNO2S. The number of hydrogen-bond acceptors (Lipinski definition) is 4. The van der Waals surface area contributed by atoms with Crippen molar-refractivity contribution in [2.24, 2.45) is 0 Å². The van der Waals surface area contributed by atoms with Crippen molar-refractivity contribution in [2.45, 2.75) is 20.0 Å². The average molecular weight is 341 g/mol. The predicted molar refractivity (Wildman–Crippen MR) is 92.5 cm³/mol. The lowest BCUT2D eigenvalue weighted by Gasteiger charge is -2.12. The number of esters is 1. The summed E-state index contributed by atoms with van der Waals surface area (Å²) in [6, 6.07) is 13.9. The normalized spacial score (nSPS) is 12.0. The number of thiazole rings is 1. The highest BCUT2D eigenvalue weighted by Crippen LogP contribution is 2.25. The van der Waals surface area contributed by atoms with Gasteiger partial charge in [0, 0.05) is 10.9 Å². The molecule has 3 aromatic rings. The highest BCUT2D eigenvalue weighted by Gasteiger charge is 2.17. The summed E-state index contributed by atoms with van der Waals surface area (Å²) in [5.41, 5.74) is 3.16. The summed E-state index contributed by atoms with van der Waals surface area (Å²) in [5, 5.41) is 2.46. The van der Waals surface area contributed by atoms with Gasteiger partial charge in [-0.1, -0.05) is 42.0 Å². The van der Waals surface area contributed by atoms with E-state index in [1.807, 2.05) is 31.2 Å². The molecule has 0 aliphatic heterocycles. The van der Waals surface area contributed by atoms with Crippen molar-refractivity contribution < 1.29 is 13.9 Å². The van der Waals surface area contributed by atoms with E-state index in [2.05, 4.69) is 4.98 Å². The average Bonchev–Trinajstić information content (AvgIpc) is 3.06. The van der Waals surface area contributed by atoms with Crippen molar-refractivity contribution in [3.8, 4) is 10.6 Å². The molecule has 0 aliphatic carbocycles. The van der Waals surface area contributed by atoms with Crippen LogP contribution >= 0.6 is 11.3 Å². The Hall–Kier alpha value is -2.53. The van der Waals surface area contributed by atoms with Gasteiger partial charge in [-0.3, -0.25) is 0 Å². The second-order valence-corrected chi connectivity index (χ2v) is 6.36. The number of halogens is 1. The number of benzene rings is 2. The molecule has 0 radical (unpaired) electrons. The Kier molecular flexibility index (Phi) is 4.71. The third-order valence-corrected chi connectivity index (χ3v) is 4.53. The first-order valence-corrected chi connectivity index (χ1v) is 8.40. The molecule has 0 amide bonds. The van der Waals surface area contributed by atoms with Gasteiger partial charge in [0.2, 0.25) is 0 Å². The molecular weight excluding hydrogens is 325 g/mol. The Morgan fingerprint density at radius 2 is 1.79 bits per heavy atom. The molecule has 1 heterocycles. The SMILES string of the molecule is Cc1ccc(-c2nc(C(=O)O[C@@H](C)c3ccc(F)cc3)cs2)cc1. The minimum absolute atomic E-state index is 0.282. The summed E-state index contributed by atoms with van der Waals surface area (Å²) in [4.78, 5) is 16.6. The largest absolute Gasteiger partial charge is 0.453 e. The van der Waals surface area contributed by atoms with Crippen LogP contribution in [0.15, 0.2) is 53.9 Å². The zero-order valence-corrected chi connectivity index (χ0v) is 14.1. The van der Waals surface area contributed by atoms with Gasteiger partial charge in [-0.05, 0) is 31.5 Å². The monoisotopic (exact) mass is 341 g/mol. The van der Waals surface area contributed by atoms with Gasteiger partial charge in [-0.25, -0.2) is 14.2 Å². The third kappa shape index (κ3) is 3.68. The summed E-state index contributed by atoms with van der Waals surface area (Å²) < 4.78 is 18.4. The van der Waals surface area contributed by atoms with Crippen molar-refractivity contribution in [2.75, 3.05) is 0 Å². The first-order chi connectivity index (χ1) is 11.5. The van der Waals surface area contributed by atoms with E-state index in [9.17, 15) is 9.18 Å². The Balaban J connectivity index is 1.71. The van der Waals surface area contributed by atoms with E-state index in [1.54, 1.807) is 24.4 Å². The van der Waals surface area contributed by atoms with Crippen molar-refractivity contribution >= 4 is 17.3 Å². The Morgan fingerprint density at radius 3 is 2.46 bits per heavy atom. The van der Waals surface area contributed by atoms with Gasteiger partial charge < -0.3 is 4.74 Å². The van der Waals surface area contributed by atoms with Crippen LogP contribution in [-0.4, -0.2) is 11.0 Å². The number of aromatic nitrogens is 1. The minimum Gasteiger partial charge on any atom is -0.453 e. The van der Waals surface area contributed by atoms with E-state index >= 15 is 0 Å². The molecule has 0 unspecified atom stereocenters. The Labute approximate surface area is 143 Å². The number of aryl methyl sites for hydroxylation is 1. The number of rotatable bonds is 4. The fourth-order valence-electron chi connectivity index (χ4n) is 2.22. The molecule has 0 fully saturated rings. The first-order valence-electron chi connectivity index (χ1n) is 7.52. The highest BCUT2D eigenvalue weighted by atomic mass is 32.1. The molecule has 1 atom stereocenters. The lowest BCUT2D eigenvalue weighted by atomic mass is 10.1. The fraction of sp³-hybridized carbons (Fsp3) is 0.158. The summed E-state index contributed by atoms with van der Waals surface area (Å²) in [6.45, 7) is 3.77. The van der Waals surface area contributed by atoms with Crippen LogP contribution < -0.4 is 0 Å². The van der Waals surface area contributed by atoms with Gasteiger partial charge in [0.15, 0.2) is 5.69 Å². The van der Waals surface area contributed by atoms with Gasteiger partial charge >= 0.3 is 5.97 Å². The predicted octanol–water partition coefficient (Wildman–Crippen LogP) is 5.18. The Bertz CT molecular complexity index is 841. The van der Waals surface area contributed by atoms with Crippen LogP contribution in [0.4, 0.5) is 4.39 Å². The van der Waals surface area contributed by atoms with Gasteiger partial charge in [-0.15, -0.1) is 11.3 Å². The van der Waals surface area contributed by atoms with Gasteiger partial charge in [0.05, 0.1) is 0 Å². The number of carbonyl (C=O) groups excluding carboxylic acids is 1. The highest BCUT2D eigenvalue weighted by molar-refractivity contribution is 7.13. The lowest BCUT2D eigenvalue weighted by molar-refractivity contribution is 0.0332.